The molecule has 1 aromatic carbocycles. The van der Waals surface area contributed by atoms with Crippen LogP contribution < -0.4 is 16.4 Å². The van der Waals surface area contributed by atoms with E-state index in [-0.39, 0.29) is 17.8 Å². The van der Waals surface area contributed by atoms with Crippen LogP contribution in [0.25, 0.3) is 0 Å². The van der Waals surface area contributed by atoms with Gasteiger partial charge in [-0.1, -0.05) is 29.0 Å². The highest BCUT2D eigenvalue weighted by molar-refractivity contribution is 7.18. The first-order valence-electron chi connectivity index (χ1n) is 6.47. The number of aromatic nitrogens is 1. The van der Waals surface area contributed by atoms with Crippen molar-refractivity contribution in [3.63, 3.8) is 0 Å². The summed E-state index contributed by atoms with van der Waals surface area (Å²) in [6.07, 6.45) is 0. The van der Waals surface area contributed by atoms with E-state index in [2.05, 4.69) is 15.6 Å². The standard InChI is InChI=1S/C14H17ClN4OS/c1-7(2)17-14-19-12(16)11(21-14)13(20)18-10-6-4-5-9(15)8(10)3/h4-7H,16H2,1-3H3,(H,17,19)(H,18,20). The summed E-state index contributed by atoms with van der Waals surface area (Å²) in [5.74, 6) is -0.0625. The molecule has 0 atom stereocenters. The van der Waals surface area contributed by atoms with Crippen molar-refractivity contribution in [2.75, 3.05) is 16.4 Å². The van der Waals surface area contributed by atoms with Gasteiger partial charge in [0.2, 0.25) is 0 Å². The first kappa shape index (κ1) is 15.6. The first-order chi connectivity index (χ1) is 9.88. The van der Waals surface area contributed by atoms with E-state index in [1.165, 1.54) is 11.3 Å². The van der Waals surface area contributed by atoms with Crippen LogP contribution in [0.4, 0.5) is 16.6 Å². The number of thiazole rings is 1. The van der Waals surface area contributed by atoms with E-state index in [1.54, 1.807) is 18.2 Å². The van der Waals surface area contributed by atoms with E-state index >= 15 is 0 Å². The summed E-state index contributed by atoms with van der Waals surface area (Å²) in [4.78, 5) is 16.8. The summed E-state index contributed by atoms with van der Waals surface area (Å²) in [6.45, 7) is 5.83. The van der Waals surface area contributed by atoms with Crippen LogP contribution in [0, 0.1) is 6.92 Å². The van der Waals surface area contributed by atoms with Crippen molar-refractivity contribution >= 4 is 45.5 Å². The van der Waals surface area contributed by atoms with Crippen molar-refractivity contribution in [2.45, 2.75) is 26.8 Å². The van der Waals surface area contributed by atoms with Gasteiger partial charge in [-0.25, -0.2) is 4.98 Å². The molecular weight excluding hydrogens is 308 g/mol. The number of benzene rings is 1. The van der Waals surface area contributed by atoms with Crippen LogP contribution >= 0.6 is 22.9 Å². The molecule has 0 saturated heterocycles. The lowest BCUT2D eigenvalue weighted by Crippen LogP contribution is -2.13. The van der Waals surface area contributed by atoms with E-state index in [0.29, 0.717) is 20.7 Å². The maximum absolute atomic E-state index is 12.3. The van der Waals surface area contributed by atoms with Crippen LogP contribution in [-0.2, 0) is 0 Å². The number of carbonyl (C=O) groups is 1. The molecule has 7 heteroatoms. The summed E-state index contributed by atoms with van der Waals surface area (Å²) in [7, 11) is 0. The SMILES string of the molecule is Cc1c(Cl)cccc1NC(=O)c1sc(NC(C)C)nc1N. The Balaban J connectivity index is 2.20. The van der Waals surface area contributed by atoms with Crippen LogP contribution in [0.3, 0.4) is 0 Å². The smallest absolute Gasteiger partial charge is 0.269 e. The third kappa shape index (κ3) is 3.65. The molecule has 0 spiro atoms. The molecule has 0 aliphatic rings. The molecule has 21 heavy (non-hydrogen) atoms. The Hall–Kier alpha value is -1.79. The summed E-state index contributed by atoms with van der Waals surface area (Å²) < 4.78 is 0. The van der Waals surface area contributed by atoms with E-state index in [0.717, 1.165) is 5.56 Å². The quantitative estimate of drug-likeness (QED) is 0.800. The fraction of sp³-hybridized carbons (Fsp3) is 0.286. The highest BCUT2D eigenvalue weighted by atomic mass is 35.5. The van der Waals surface area contributed by atoms with Crippen LogP contribution in [0.15, 0.2) is 18.2 Å². The molecule has 0 aliphatic heterocycles. The maximum atomic E-state index is 12.3. The molecule has 5 nitrogen and oxygen atoms in total. The highest BCUT2D eigenvalue weighted by Crippen LogP contribution is 2.28. The lowest BCUT2D eigenvalue weighted by molar-refractivity contribution is 0.103. The number of nitrogens with zero attached hydrogens (tertiary/aromatic N) is 1. The molecule has 0 fully saturated rings. The van der Waals surface area contributed by atoms with Gasteiger partial charge in [-0.3, -0.25) is 4.79 Å². The van der Waals surface area contributed by atoms with E-state index < -0.39 is 0 Å². The predicted molar refractivity (Wildman–Crippen MR) is 89.4 cm³/mol. The molecule has 1 heterocycles. The second-order valence-electron chi connectivity index (χ2n) is 4.90. The van der Waals surface area contributed by atoms with Gasteiger partial charge in [-0.15, -0.1) is 0 Å². The number of rotatable bonds is 4. The minimum Gasteiger partial charge on any atom is -0.382 e. The minimum atomic E-state index is -0.285. The molecule has 1 aromatic heterocycles. The average Bonchev–Trinajstić information content (AvgIpc) is 2.75. The number of nitrogens with two attached hydrogens (primary N) is 1. The number of anilines is 3. The molecule has 2 aromatic rings. The van der Waals surface area contributed by atoms with E-state index in [4.69, 9.17) is 17.3 Å². The second kappa shape index (κ2) is 6.32. The number of nitrogen functional groups attached to an aromatic ring is 1. The van der Waals surface area contributed by atoms with Gasteiger partial charge in [0.15, 0.2) is 5.13 Å². The highest BCUT2D eigenvalue weighted by Gasteiger charge is 2.17. The zero-order valence-electron chi connectivity index (χ0n) is 12.0. The maximum Gasteiger partial charge on any atom is 0.269 e. The largest absolute Gasteiger partial charge is 0.382 e. The fourth-order valence-electron chi connectivity index (χ4n) is 1.73. The van der Waals surface area contributed by atoms with Crippen molar-refractivity contribution in [3.05, 3.63) is 33.7 Å². The molecule has 0 unspecified atom stereocenters. The normalized spacial score (nSPS) is 10.7. The average molecular weight is 325 g/mol. The third-order valence-corrected chi connectivity index (χ3v) is 4.20. The molecule has 2 rings (SSSR count). The van der Waals surface area contributed by atoms with Crippen molar-refractivity contribution in [1.82, 2.24) is 4.98 Å². The minimum absolute atomic E-state index is 0.223. The molecule has 0 radical (unpaired) electrons. The van der Waals surface area contributed by atoms with Gasteiger partial charge in [0.25, 0.3) is 5.91 Å². The van der Waals surface area contributed by atoms with Crippen molar-refractivity contribution in [3.8, 4) is 0 Å². The van der Waals surface area contributed by atoms with E-state index in [1.807, 2.05) is 20.8 Å². The number of hydrogen-bond donors (Lipinski definition) is 3. The molecule has 0 bridgehead atoms. The first-order valence-corrected chi connectivity index (χ1v) is 7.67. The summed E-state index contributed by atoms with van der Waals surface area (Å²) in [5.41, 5.74) is 7.29. The molecular formula is C14H17ClN4OS. The second-order valence-corrected chi connectivity index (χ2v) is 6.31. The molecule has 112 valence electrons. The van der Waals surface area contributed by atoms with Crippen LogP contribution in [0.1, 0.15) is 29.1 Å². The van der Waals surface area contributed by atoms with Crippen LogP contribution in [-0.4, -0.2) is 16.9 Å². The topological polar surface area (TPSA) is 80.0 Å². The third-order valence-electron chi connectivity index (χ3n) is 2.79. The Labute approximate surface area is 132 Å². The van der Waals surface area contributed by atoms with Crippen LogP contribution in [0.5, 0.6) is 0 Å². The Morgan fingerprint density at radius 1 is 1.43 bits per heavy atom. The van der Waals surface area contributed by atoms with Gasteiger partial charge < -0.3 is 16.4 Å². The molecule has 4 N–H and O–H groups in total. The predicted octanol–water partition coefficient (Wildman–Crippen LogP) is 3.76. The van der Waals surface area contributed by atoms with Gasteiger partial charge in [0.05, 0.1) is 0 Å². The Morgan fingerprint density at radius 3 is 2.81 bits per heavy atom. The Morgan fingerprint density at radius 2 is 2.14 bits per heavy atom. The van der Waals surface area contributed by atoms with Gasteiger partial charge in [0.1, 0.15) is 10.7 Å². The van der Waals surface area contributed by atoms with Gasteiger partial charge in [0, 0.05) is 16.8 Å². The molecule has 1 amide bonds. The molecule has 0 aliphatic carbocycles. The van der Waals surface area contributed by atoms with Crippen molar-refractivity contribution < 1.29 is 4.79 Å². The Kier molecular flexibility index (Phi) is 4.69. The van der Waals surface area contributed by atoms with Gasteiger partial charge in [-0.05, 0) is 38.5 Å². The van der Waals surface area contributed by atoms with Gasteiger partial charge >= 0.3 is 0 Å². The van der Waals surface area contributed by atoms with Crippen LogP contribution in [0.2, 0.25) is 5.02 Å². The zero-order valence-corrected chi connectivity index (χ0v) is 13.6. The van der Waals surface area contributed by atoms with Gasteiger partial charge in [-0.2, -0.15) is 0 Å². The summed E-state index contributed by atoms with van der Waals surface area (Å²) in [5, 5.41) is 7.18. The lowest BCUT2D eigenvalue weighted by Gasteiger charge is -2.08. The Bertz CT molecular complexity index is 669. The fourth-order valence-corrected chi connectivity index (χ4v) is 2.83. The summed E-state index contributed by atoms with van der Waals surface area (Å²) in [6, 6.07) is 5.58. The van der Waals surface area contributed by atoms with Crippen molar-refractivity contribution in [1.29, 1.82) is 0 Å². The lowest BCUT2D eigenvalue weighted by atomic mass is 10.2. The molecule has 0 saturated carbocycles. The van der Waals surface area contributed by atoms with Crippen molar-refractivity contribution in [2.24, 2.45) is 0 Å². The van der Waals surface area contributed by atoms with E-state index in [9.17, 15) is 4.79 Å². The number of amides is 1. The number of carbonyl (C=O) groups excluding carboxylic acids is 1. The monoisotopic (exact) mass is 324 g/mol. The summed E-state index contributed by atoms with van der Waals surface area (Å²) >= 11 is 7.27. The zero-order chi connectivity index (χ0) is 15.6. The number of hydrogen-bond acceptors (Lipinski definition) is 5. The number of halogens is 1. The number of nitrogens with one attached hydrogen (secondary N) is 2.